The molecular formula is C17H30N4O2. The number of carbonyl (C=O) groups excluding carboxylic acids is 2. The standard InChI is InChI=1S/C17H30N4O2/c1-14(16(22)20-9-4-2-3-5-10-20)19-11-6-15(7-12-19)21-13-8-18-17(21)23/h14-15H,2-13H2,1H3,(H,18,23)/t14-/m0/s1. The molecule has 0 aromatic rings. The molecular weight excluding hydrogens is 292 g/mol. The zero-order chi connectivity index (χ0) is 16.2. The molecule has 3 rings (SSSR count). The van der Waals surface area contributed by atoms with Gasteiger partial charge in [0.25, 0.3) is 0 Å². The summed E-state index contributed by atoms with van der Waals surface area (Å²) in [6, 6.07) is 0.396. The lowest BCUT2D eigenvalue weighted by Gasteiger charge is -2.39. The fraction of sp³-hybridized carbons (Fsp3) is 0.882. The minimum absolute atomic E-state index is 0.0264. The van der Waals surface area contributed by atoms with Gasteiger partial charge in [-0.05, 0) is 32.6 Å². The number of hydrogen-bond donors (Lipinski definition) is 1. The third-order valence-electron chi connectivity index (χ3n) is 5.65. The summed E-state index contributed by atoms with van der Waals surface area (Å²) in [7, 11) is 0. The van der Waals surface area contributed by atoms with Crippen LogP contribution in [0.25, 0.3) is 0 Å². The Morgan fingerprint density at radius 2 is 1.70 bits per heavy atom. The average molecular weight is 322 g/mol. The van der Waals surface area contributed by atoms with E-state index in [1.165, 1.54) is 12.8 Å². The van der Waals surface area contributed by atoms with Crippen molar-refractivity contribution in [3.05, 3.63) is 0 Å². The van der Waals surface area contributed by atoms with Crippen LogP contribution in [-0.4, -0.2) is 78.0 Å². The predicted octanol–water partition coefficient (Wildman–Crippen LogP) is 1.27. The quantitative estimate of drug-likeness (QED) is 0.851. The van der Waals surface area contributed by atoms with Crippen molar-refractivity contribution in [1.29, 1.82) is 0 Å². The van der Waals surface area contributed by atoms with Gasteiger partial charge in [-0.2, -0.15) is 0 Å². The minimum Gasteiger partial charge on any atom is -0.341 e. The highest BCUT2D eigenvalue weighted by molar-refractivity contribution is 5.81. The smallest absolute Gasteiger partial charge is 0.317 e. The van der Waals surface area contributed by atoms with Gasteiger partial charge >= 0.3 is 6.03 Å². The summed E-state index contributed by atoms with van der Waals surface area (Å²) in [5, 5.41) is 2.88. The normalized spacial score (nSPS) is 26.0. The van der Waals surface area contributed by atoms with E-state index >= 15 is 0 Å². The second-order valence-electron chi connectivity index (χ2n) is 7.11. The molecule has 0 aliphatic carbocycles. The highest BCUT2D eigenvalue weighted by atomic mass is 16.2. The maximum Gasteiger partial charge on any atom is 0.317 e. The lowest BCUT2D eigenvalue weighted by Crippen LogP contribution is -2.53. The van der Waals surface area contributed by atoms with E-state index in [0.29, 0.717) is 11.9 Å². The van der Waals surface area contributed by atoms with Crippen molar-refractivity contribution in [2.45, 2.75) is 57.5 Å². The first-order valence-electron chi connectivity index (χ1n) is 9.24. The van der Waals surface area contributed by atoms with Crippen LogP contribution in [0.3, 0.4) is 0 Å². The van der Waals surface area contributed by atoms with Crippen molar-refractivity contribution in [2.75, 3.05) is 39.3 Å². The third-order valence-corrected chi connectivity index (χ3v) is 5.65. The molecule has 3 amide bonds. The molecule has 130 valence electrons. The maximum atomic E-state index is 12.7. The second kappa shape index (κ2) is 7.51. The van der Waals surface area contributed by atoms with E-state index in [0.717, 1.165) is 65.0 Å². The van der Waals surface area contributed by atoms with Crippen LogP contribution >= 0.6 is 0 Å². The van der Waals surface area contributed by atoms with Crippen molar-refractivity contribution in [3.63, 3.8) is 0 Å². The van der Waals surface area contributed by atoms with Gasteiger partial charge < -0.3 is 15.1 Å². The lowest BCUT2D eigenvalue weighted by atomic mass is 10.0. The fourth-order valence-electron chi connectivity index (χ4n) is 4.13. The van der Waals surface area contributed by atoms with E-state index in [2.05, 4.69) is 22.0 Å². The number of rotatable bonds is 3. The van der Waals surface area contributed by atoms with Crippen LogP contribution < -0.4 is 5.32 Å². The molecule has 3 aliphatic heterocycles. The van der Waals surface area contributed by atoms with E-state index in [9.17, 15) is 9.59 Å². The Balaban J connectivity index is 1.50. The van der Waals surface area contributed by atoms with Crippen LogP contribution in [0.4, 0.5) is 4.79 Å². The molecule has 0 spiro atoms. The number of piperidine rings is 1. The van der Waals surface area contributed by atoms with Gasteiger partial charge in [0.15, 0.2) is 0 Å². The molecule has 0 unspecified atom stereocenters. The molecule has 0 aromatic carbocycles. The molecule has 6 nitrogen and oxygen atoms in total. The average Bonchev–Trinajstić information content (AvgIpc) is 2.84. The summed E-state index contributed by atoms with van der Waals surface area (Å²) in [6.45, 7) is 7.32. The second-order valence-corrected chi connectivity index (χ2v) is 7.11. The number of nitrogens with one attached hydrogen (secondary N) is 1. The largest absolute Gasteiger partial charge is 0.341 e. The number of nitrogens with zero attached hydrogens (tertiary/aromatic N) is 3. The van der Waals surface area contributed by atoms with E-state index in [1.807, 2.05) is 4.90 Å². The first-order chi connectivity index (χ1) is 11.2. The molecule has 1 atom stereocenters. The molecule has 23 heavy (non-hydrogen) atoms. The van der Waals surface area contributed by atoms with Crippen LogP contribution in [0.15, 0.2) is 0 Å². The van der Waals surface area contributed by atoms with Gasteiger partial charge in [-0.25, -0.2) is 4.79 Å². The summed E-state index contributed by atoms with van der Waals surface area (Å²) in [5.41, 5.74) is 0. The summed E-state index contributed by atoms with van der Waals surface area (Å²) in [4.78, 5) is 30.9. The van der Waals surface area contributed by atoms with Crippen LogP contribution in [0, 0.1) is 0 Å². The summed E-state index contributed by atoms with van der Waals surface area (Å²) < 4.78 is 0. The number of hydrogen-bond acceptors (Lipinski definition) is 3. The van der Waals surface area contributed by atoms with Crippen molar-refractivity contribution in [1.82, 2.24) is 20.0 Å². The molecule has 0 radical (unpaired) electrons. The molecule has 3 aliphatic rings. The molecule has 3 heterocycles. The monoisotopic (exact) mass is 322 g/mol. The maximum absolute atomic E-state index is 12.7. The molecule has 0 bridgehead atoms. The van der Waals surface area contributed by atoms with Gasteiger partial charge in [0, 0.05) is 45.3 Å². The van der Waals surface area contributed by atoms with Crippen molar-refractivity contribution in [2.24, 2.45) is 0 Å². The van der Waals surface area contributed by atoms with Gasteiger partial charge in [-0.1, -0.05) is 12.8 Å². The predicted molar refractivity (Wildman–Crippen MR) is 89.2 cm³/mol. The van der Waals surface area contributed by atoms with Crippen LogP contribution in [0.5, 0.6) is 0 Å². The Morgan fingerprint density at radius 1 is 1.04 bits per heavy atom. The highest BCUT2D eigenvalue weighted by Crippen LogP contribution is 2.21. The summed E-state index contributed by atoms with van der Waals surface area (Å²) >= 11 is 0. The van der Waals surface area contributed by atoms with Crippen LogP contribution in [-0.2, 0) is 4.79 Å². The van der Waals surface area contributed by atoms with E-state index in [1.54, 1.807) is 0 Å². The van der Waals surface area contributed by atoms with Crippen molar-refractivity contribution in [3.8, 4) is 0 Å². The SMILES string of the molecule is C[C@@H](C(=O)N1CCCCCC1)N1CCC(N2CCNC2=O)CC1. The zero-order valence-electron chi connectivity index (χ0n) is 14.3. The topological polar surface area (TPSA) is 55.9 Å². The summed E-state index contributed by atoms with van der Waals surface area (Å²) in [5.74, 6) is 0.296. The van der Waals surface area contributed by atoms with Gasteiger partial charge in [0.1, 0.15) is 0 Å². The van der Waals surface area contributed by atoms with Gasteiger partial charge in [-0.15, -0.1) is 0 Å². The van der Waals surface area contributed by atoms with E-state index in [4.69, 9.17) is 0 Å². The Bertz CT molecular complexity index is 426. The number of carbonyl (C=O) groups is 2. The molecule has 3 fully saturated rings. The van der Waals surface area contributed by atoms with Gasteiger partial charge in [-0.3, -0.25) is 9.69 Å². The first kappa shape index (κ1) is 16.6. The van der Waals surface area contributed by atoms with Crippen molar-refractivity contribution >= 4 is 11.9 Å². The number of amides is 3. The fourth-order valence-corrected chi connectivity index (χ4v) is 4.13. The van der Waals surface area contributed by atoms with E-state index in [-0.39, 0.29) is 12.1 Å². The molecule has 6 heteroatoms. The third kappa shape index (κ3) is 3.79. The van der Waals surface area contributed by atoms with Gasteiger partial charge in [0.2, 0.25) is 5.91 Å². The van der Waals surface area contributed by atoms with Crippen molar-refractivity contribution < 1.29 is 9.59 Å². The van der Waals surface area contributed by atoms with Gasteiger partial charge in [0.05, 0.1) is 6.04 Å². The lowest BCUT2D eigenvalue weighted by molar-refractivity contribution is -0.137. The molecule has 0 saturated carbocycles. The minimum atomic E-state index is -0.0264. The molecule has 1 N–H and O–H groups in total. The number of urea groups is 1. The van der Waals surface area contributed by atoms with Crippen LogP contribution in [0.1, 0.15) is 45.4 Å². The summed E-state index contributed by atoms with van der Waals surface area (Å²) in [6.07, 6.45) is 6.74. The van der Waals surface area contributed by atoms with Crippen LogP contribution in [0.2, 0.25) is 0 Å². The molecule has 3 saturated heterocycles. The highest BCUT2D eigenvalue weighted by Gasteiger charge is 2.34. The Kier molecular flexibility index (Phi) is 5.41. The zero-order valence-corrected chi connectivity index (χ0v) is 14.3. The molecule has 0 aromatic heterocycles. The first-order valence-corrected chi connectivity index (χ1v) is 9.24. The number of likely N-dealkylation sites (tertiary alicyclic amines) is 2. The van der Waals surface area contributed by atoms with E-state index < -0.39 is 0 Å². The Morgan fingerprint density at radius 3 is 2.26 bits per heavy atom. The Labute approximate surface area is 139 Å². The Hall–Kier alpha value is -1.30.